The average Bonchev–Trinajstić information content (AvgIpc) is 2.45. The Morgan fingerprint density at radius 3 is 2.37 bits per heavy atom. The first-order chi connectivity index (χ1) is 9.22. The van der Waals surface area contributed by atoms with E-state index in [4.69, 9.17) is 4.74 Å². The topological polar surface area (TPSA) is 29.5 Å². The van der Waals surface area contributed by atoms with Crippen LogP contribution in [0, 0.1) is 5.92 Å². The van der Waals surface area contributed by atoms with E-state index in [0.717, 1.165) is 22.4 Å². The number of hydrogen-bond acceptors (Lipinski definition) is 2. The summed E-state index contributed by atoms with van der Waals surface area (Å²) in [4.78, 5) is 0. The molecule has 19 heavy (non-hydrogen) atoms. The molecule has 0 saturated heterocycles. The van der Waals surface area contributed by atoms with E-state index in [-0.39, 0.29) is 6.61 Å². The predicted molar refractivity (Wildman–Crippen MR) is 78.1 cm³/mol. The molecule has 0 spiro atoms. The van der Waals surface area contributed by atoms with Crippen LogP contribution >= 0.6 is 0 Å². The Kier molecular flexibility index (Phi) is 4.58. The van der Waals surface area contributed by atoms with Gasteiger partial charge >= 0.3 is 0 Å². The summed E-state index contributed by atoms with van der Waals surface area (Å²) >= 11 is 0. The highest BCUT2D eigenvalue weighted by atomic mass is 16.5. The molecule has 0 saturated carbocycles. The average molecular weight is 256 g/mol. The van der Waals surface area contributed by atoms with Gasteiger partial charge in [0, 0.05) is 11.1 Å². The molecule has 0 radical (unpaired) electrons. The molecule has 0 fully saturated rings. The van der Waals surface area contributed by atoms with E-state index >= 15 is 0 Å². The standard InChI is InChI=1S/C17H20O2/c1-13(2)12-19-17-15(11-18)9-6-10-16(17)14-7-4-3-5-8-14/h3-10,13,18H,11-12H2,1-2H3. The number of aliphatic hydroxyl groups excluding tert-OH is 1. The van der Waals surface area contributed by atoms with Crippen molar-refractivity contribution in [1.29, 1.82) is 0 Å². The van der Waals surface area contributed by atoms with Gasteiger partial charge in [-0.2, -0.15) is 0 Å². The molecule has 0 aliphatic carbocycles. The first kappa shape index (κ1) is 13.6. The fourth-order valence-electron chi connectivity index (χ4n) is 1.97. The largest absolute Gasteiger partial charge is 0.492 e. The summed E-state index contributed by atoms with van der Waals surface area (Å²) in [6.45, 7) is 4.87. The van der Waals surface area contributed by atoms with Crippen LogP contribution in [0.5, 0.6) is 5.75 Å². The van der Waals surface area contributed by atoms with Gasteiger partial charge < -0.3 is 9.84 Å². The molecule has 0 aliphatic rings. The quantitative estimate of drug-likeness (QED) is 0.879. The lowest BCUT2D eigenvalue weighted by Gasteiger charge is -2.16. The number of hydrogen-bond donors (Lipinski definition) is 1. The Morgan fingerprint density at radius 2 is 1.74 bits per heavy atom. The van der Waals surface area contributed by atoms with E-state index in [2.05, 4.69) is 26.0 Å². The van der Waals surface area contributed by atoms with Crippen LogP contribution in [0.15, 0.2) is 48.5 Å². The Bertz CT molecular complexity index is 518. The molecule has 0 amide bonds. The van der Waals surface area contributed by atoms with E-state index in [1.165, 1.54) is 0 Å². The van der Waals surface area contributed by atoms with Crippen LogP contribution in [0.25, 0.3) is 11.1 Å². The van der Waals surface area contributed by atoms with Crippen LogP contribution in [0.4, 0.5) is 0 Å². The van der Waals surface area contributed by atoms with Gasteiger partial charge in [-0.3, -0.25) is 0 Å². The molecule has 0 heterocycles. The van der Waals surface area contributed by atoms with Crippen LogP contribution in [0.3, 0.4) is 0 Å². The van der Waals surface area contributed by atoms with Gasteiger partial charge in [0.1, 0.15) is 5.75 Å². The van der Waals surface area contributed by atoms with Gasteiger partial charge in [0.2, 0.25) is 0 Å². The van der Waals surface area contributed by atoms with E-state index in [1.54, 1.807) is 0 Å². The third-order valence-electron chi connectivity index (χ3n) is 2.91. The van der Waals surface area contributed by atoms with Crippen molar-refractivity contribution in [3.63, 3.8) is 0 Å². The van der Waals surface area contributed by atoms with Crippen LogP contribution in [-0.2, 0) is 6.61 Å². The number of benzene rings is 2. The molecule has 2 aromatic carbocycles. The number of ether oxygens (including phenoxy) is 1. The molecule has 2 rings (SSSR count). The van der Waals surface area contributed by atoms with Crippen molar-refractivity contribution in [3.05, 3.63) is 54.1 Å². The number of aliphatic hydroxyl groups is 1. The monoisotopic (exact) mass is 256 g/mol. The minimum absolute atomic E-state index is 0.00585. The lowest BCUT2D eigenvalue weighted by Crippen LogP contribution is -2.07. The lowest BCUT2D eigenvalue weighted by atomic mass is 10.0. The second-order valence-electron chi connectivity index (χ2n) is 5.02. The first-order valence-electron chi connectivity index (χ1n) is 6.63. The Labute approximate surface area is 114 Å². The summed E-state index contributed by atoms with van der Waals surface area (Å²) < 4.78 is 5.92. The van der Waals surface area contributed by atoms with Crippen molar-refractivity contribution in [3.8, 4) is 16.9 Å². The van der Waals surface area contributed by atoms with Crippen LogP contribution in [-0.4, -0.2) is 11.7 Å². The van der Waals surface area contributed by atoms with E-state index in [9.17, 15) is 5.11 Å². The third-order valence-corrected chi connectivity index (χ3v) is 2.91. The second-order valence-corrected chi connectivity index (χ2v) is 5.02. The zero-order valence-electron chi connectivity index (χ0n) is 11.5. The van der Waals surface area contributed by atoms with Crippen molar-refractivity contribution in [2.24, 2.45) is 5.92 Å². The smallest absolute Gasteiger partial charge is 0.132 e. The van der Waals surface area contributed by atoms with E-state index in [1.807, 2.05) is 36.4 Å². The Balaban J connectivity index is 2.42. The van der Waals surface area contributed by atoms with Crippen molar-refractivity contribution in [1.82, 2.24) is 0 Å². The fraction of sp³-hybridized carbons (Fsp3) is 0.294. The maximum atomic E-state index is 9.48. The van der Waals surface area contributed by atoms with Crippen LogP contribution in [0.1, 0.15) is 19.4 Å². The summed E-state index contributed by atoms with van der Waals surface area (Å²) in [6, 6.07) is 16.0. The molecular formula is C17H20O2. The molecule has 0 atom stereocenters. The molecule has 0 bridgehead atoms. The van der Waals surface area contributed by atoms with Gasteiger partial charge in [0.05, 0.1) is 13.2 Å². The highest BCUT2D eigenvalue weighted by Crippen LogP contribution is 2.33. The zero-order valence-corrected chi connectivity index (χ0v) is 11.5. The molecule has 2 heteroatoms. The van der Waals surface area contributed by atoms with E-state index in [0.29, 0.717) is 12.5 Å². The third kappa shape index (κ3) is 3.36. The summed E-state index contributed by atoms with van der Waals surface area (Å²) in [5.74, 6) is 1.25. The van der Waals surface area contributed by atoms with Crippen LogP contribution in [0.2, 0.25) is 0 Å². The summed E-state index contributed by atoms with van der Waals surface area (Å²) in [6.07, 6.45) is 0. The van der Waals surface area contributed by atoms with E-state index < -0.39 is 0 Å². The highest BCUT2D eigenvalue weighted by molar-refractivity contribution is 5.72. The number of rotatable bonds is 5. The van der Waals surface area contributed by atoms with Crippen molar-refractivity contribution >= 4 is 0 Å². The Morgan fingerprint density at radius 1 is 1.00 bits per heavy atom. The summed E-state index contributed by atoms with van der Waals surface area (Å²) in [5.41, 5.74) is 2.98. The second kappa shape index (κ2) is 6.39. The maximum Gasteiger partial charge on any atom is 0.132 e. The van der Waals surface area contributed by atoms with Gasteiger partial charge in [-0.05, 0) is 11.5 Å². The fourth-order valence-corrected chi connectivity index (χ4v) is 1.97. The van der Waals surface area contributed by atoms with Gasteiger partial charge in [0.15, 0.2) is 0 Å². The summed E-state index contributed by atoms with van der Waals surface area (Å²) in [7, 11) is 0. The van der Waals surface area contributed by atoms with Crippen molar-refractivity contribution in [2.45, 2.75) is 20.5 Å². The normalized spacial score (nSPS) is 10.7. The molecule has 0 unspecified atom stereocenters. The summed E-state index contributed by atoms with van der Waals surface area (Å²) in [5, 5.41) is 9.48. The molecule has 1 N–H and O–H groups in total. The first-order valence-corrected chi connectivity index (χ1v) is 6.63. The highest BCUT2D eigenvalue weighted by Gasteiger charge is 2.11. The number of para-hydroxylation sites is 1. The van der Waals surface area contributed by atoms with Gasteiger partial charge in [-0.25, -0.2) is 0 Å². The molecule has 100 valence electrons. The van der Waals surface area contributed by atoms with Gasteiger partial charge in [-0.15, -0.1) is 0 Å². The molecule has 0 aromatic heterocycles. The molecule has 0 aliphatic heterocycles. The molecule has 2 aromatic rings. The lowest BCUT2D eigenvalue weighted by molar-refractivity contribution is 0.246. The van der Waals surface area contributed by atoms with Crippen LogP contribution < -0.4 is 4.74 Å². The van der Waals surface area contributed by atoms with Gasteiger partial charge in [-0.1, -0.05) is 62.4 Å². The maximum absolute atomic E-state index is 9.48. The van der Waals surface area contributed by atoms with Crippen molar-refractivity contribution in [2.75, 3.05) is 6.61 Å². The Hall–Kier alpha value is -1.80. The SMILES string of the molecule is CC(C)COc1c(CO)cccc1-c1ccccc1. The predicted octanol–water partition coefficient (Wildman–Crippen LogP) is 3.88. The minimum atomic E-state index is -0.00585. The van der Waals surface area contributed by atoms with Crippen molar-refractivity contribution < 1.29 is 9.84 Å². The molecule has 2 nitrogen and oxygen atoms in total. The minimum Gasteiger partial charge on any atom is -0.492 e. The van der Waals surface area contributed by atoms with Gasteiger partial charge in [0.25, 0.3) is 0 Å². The zero-order chi connectivity index (χ0) is 13.7. The molecular weight excluding hydrogens is 236 g/mol.